The van der Waals surface area contributed by atoms with E-state index >= 15 is 0 Å². The zero-order chi connectivity index (χ0) is 23.4. The fourth-order valence-corrected chi connectivity index (χ4v) is 6.88. The van der Waals surface area contributed by atoms with Crippen molar-refractivity contribution in [3.63, 3.8) is 0 Å². The van der Waals surface area contributed by atoms with E-state index in [2.05, 4.69) is 42.5 Å². The molecule has 2 heterocycles. The molecule has 4 rings (SSSR count). The second-order valence-corrected chi connectivity index (χ2v) is 12.7. The van der Waals surface area contributed by atoms with Crippen LogP contribution in [-0.4, -0.2) is 28.1 Å². The molecule has 0 bridgehead atoms. The van der Waals surface area contributed by atoms with Gasteiger partial charge >= 0.3 is 5.95 Å². The number of Topliss-reactive ketones (excluding diaryl/α,β-unsaturated/α-hetero) is 1. The molecule has 0 saturated carbocycles. The molecule has 0 spiro atoms. The number of methoxy groups -OCH3 is 1. The van der Waals surface area contributed by atoms with Crippen molar-refractivity contribution >= 4 is 38.4 Å². The highest BCUT2D eigenvalue weighted by Crippen LogP contribution is 2.47. The van der Waals surface area contributed by atoms with Gasteiger partial charge in [0.1, 0.15) is 17.0 Å². The van der Waals surface area contributed by atoms with Gasteiger partial charge in [-0.1, -0.05) is 40.4 Å². The number of aromatic amines is 1. The van der Waals surface area contributed by atoms with Crippen LogP contribution in [0.1, 0.15) is 63.9 Å². The zero-order valence-corrected chi connectivity index (χ0v) is 22.9. The Morgan fingerprint density at radius 2 is 1.79 bits per heavy atom. The zero-order valence-electron chi connectivity index (χ0n) is 20.5. The van der Waals surface area contributed by atoms with Gasteiger partial charge in [0.25, 0.3) is 0 Å². The van der Waals surface area contributed by atoms with Gasteiger partial charge in [-0.2, -0.15) is 0 Å². The first-order chi connectivity index (χ1) is 15.0. The monoisotopic (exact) mass is 505 g/mol. The largest absolute Gasteiger partial charge is 1.00 e. The van der Waals surface area contributed by atoms with E-state index in [4.69, 9.17) is 9.72 Å². The van der Waals surface area contributed by atoms with Gasteiger partial charge in [-0.15, -0.1) is 0 Å². The number of hydrogen-bond acceptors (Lipinski definition) is 5. The summed E-state index contributed by atoms with van der Waals surface area (Å²) >= 11 is 0. The van der Waals surface area contributed by atoms with Gasteiger partial charge in [0.15, 0.2) is 11.3 Å². The number of pyridine rings is 1. The summed E-state index contributed by atoms with van der Waals surface area (Å²) in [6.07, 6.45) is 2.02. The molecule has 3 aromatic rings. The Morgan fingerprint density at radius 1 is 1.15 bits per heavy atom. The summed E-state index contributed by atoms with van der Waals surface area (Å²) in [5.41, 5.74) is 5.27. The van der Waals surface area contributed by atoms with Gasteiger partial charge < -0.3 is 17.1 Å². The summed E-state index contributed by atoms with van der Waals surface area (Å²) in [4.78, 5) is 21.5. The third-order valence-electron chi connectivity index (χ3n) is 6.46. The highest BCUT2D eigenvalue weighted by Gasteiger charge is 2.50. The number of hydrogen-bond donors (Lipinski definition) is 1. The highest BCUT2D eigenvalue weighted by molar-refractivity contribution is 8.76. The second-order valence-electron chi connectivity index (χ2n) is 9.79. The van der Waals surface area contributed by atoms with Gasteiger partial charge in [-0.05, 0) is 57.9 Å². The third kappa shape index (κ3) is 4.28. The maximum atomic E-state index is 13.0. The maximum Gasteiger partial charge on any atom is 0.402 e. The van der Waals surface area contributed by atoms with E-state index in [9.17, 15) is 4.79 Å². The highest BCUT2D eigenvalue weighted by atomic mass is 35.5. The van der Waals surface area contributed by atoms with E-state index in [0.29, 0.717) is 5.25 Å². The fraction of sp³-hybridized carbons (Fsp3) is 0.480. The Balaban J connectivity index is 0.00000306. The van der Waals surface area contributed by atoms with Crippen LogP contribution in [0.25, 0.3) is 17.0 Å². The summed E-state index contributed by atoms with van der Waals surface area (Å²) < 4.78 is 7.70. The van der Waals surface area contributed by atoms with E-state index in [1.165, 1.54) is 0 Å². The molecule has 1 aliphatic rings. The van der Waals surface area contributed by atoms with Crippen molar-refractivity contribution in [2.45, 2.75) is 70.3 Å². The Labute approximate surface area is 210 Å². The topological polar surface area (TPSA) is 58.9 Å². The number of halogens is 1. The SMILES string of the molecule is COc1cc[n+](-c2nc3cc4c(cc3[nH]2)C(C)(C)C(=O)C4(C)C)c(CSSC(C)C)c1C.[Cl-]. The summed E-state index contributed by atoms with van der Waals surface area (Å²) in [5.74, 6) is 2.76. The van der Waals surface area contributed by atoms with Crippen LogP contribution < -0.4 is 21.7 Å². The molecule has 178 valence electrons. The number of carbonyl (C=O) groups excluding carboxylic acids is 1. The van der Waals surface area contributed by atoms with Crippen molar-refractivity contribution in [1.29, 1.82) is 0 Å². The van der Waals surface area contributed by atoms with E-state index in [1.54, 1.807) is 7.11 Å². The Morgan fingerprint density at radius 3 is 2.39 bits per heavy atom. The number of carbonyl (C=O) groups is 1. The number of nitrogens with zero attached hydrogens (tertiary/aromatic N) is 2. The number of ketones is 1. The number of benzene rings is 1. The van der Waals surface area contributed by atoms with Crippen LogP contribution >= 0.6 is 21.6 Å². The lowest BCUT2D eigenvalue weighted by atomic mass is 9.80. The van der Waals surface area contributed by atoms with E-state index in [-0.39, 0.29) is 18.2 Å². The van der Waals surface area contributed by atoms with Crippen LogP contribution in [0.5, 0.6) is 5.75 Å². The molecule has 5 nitrogen and oxygen atoms in total. The molecule has 2 aromatic heterocycles. The first-order valence-electron chi connectivity index (χ1n) is 10.9. The molecule has 0 aliphatic heterocycles. The van der Waals surface area contributed by atoms with Gasteiger partial charge in [-0.3, -0.25) is 4.79 Å². The predicted octanol–water partition coefficient (Wildman–Crippen LogP) is 2.59. The second kappa shape index (κ2) is 9.16. The molecule has 0 saturated heterocycles. The minimum absolute atomic E-state index is 0. The lowest BCUT2D eigenvalue weighted by Gasteiger charge is -2.21. The fourth-order valence-electron chi connectivity index (χ4n) is 4.72. The average Bonchev–Trinajstić information content (AvgIpc) is 3.20. The first-order valence-corrected chi connectivity index (χ1v) is 13.3. The maximum absolute atomic E-state index is 13.0. The summed E-state index contributed by atoms with van der Waals surface area (Å²) in [6, 6.07) is 6.20. The molecule has 1 aliphatic carbocycles. The molecule has 0 unspecified atom stereocenters. The quantitative estimate of drug-likeness (QED) is 0.412. The normalized spacial score (nSPS) is 16.2. The van der Waals surface area contributed by atoms with Crippen molar-refractivity contribution < 1.29 is 26.5 Å². The molecular weight excluding hydrogens is 474 g/mol. The van der Waals surface area contributed by atoms with Crippen LogP contribution in [0, 0.1) is 6.92 Å². The number of imidazole rings is 1. The summed E-state index contributed by atoms with van der Waals surface area (Å²) in [5, 5.41) is 0.558. The smallest absolute Gasteiger partial charge is 0.402 e. The molecule has 0 atom stereocenters. The van der Waals surface area contributed by atoms with Crippen LogP contribution in [0.2, 0.25) is 0 Å². The molecule has 0 amide bonds. The predicted molar refractivity (Wildman–Crippen MR) is 134 cm³/mol. The number of fused-ring (bicyclic) bond motifs is 2. The van der Waals surface area contributed by atoms with Gasteiger partial charge in [0.2, 0.25) is 0 Å². The number of nitrogens with one attached hydrogen (secondary N) is 1. The van der Waals surface area contributed by atoms with Crippen molar-refractivity contribution in [3.8, 4) is 11.7 Å². The summed E-state index contributed by atoms with van der Waals surface area (Å²) in [7, 11) is 5.42. The molecule has 33 heavy (non-hydrogen) atoms. The number of H-pyrrole nitrogens is 1. The van der Waals surface area contributed by atoms with Crippen molar-refractivity contribution in [1.82, 2.24) is 9.97 Å². The molecular formula is C25H32ClN3O2S2. The minimum Gasteiger partial charge on any atom is -1.00 e. The van der Waals surface area contributed by atoms with Crippen LogP contribution in [0.4, 0.5) is 0 Å². The Kier molecular flexibility index (Phi) is 7.19. The number of ether oxygens (including phenoxy) is 1. The Hall–Kier alpha value is -1.70. The summed E-state index contributed by atoms with van der Waals surface area (Å²) in [6.45, 7) is 14.6. The molecule has 0 radical (unpaired) electrons. The first kappa shape index (κ1) is 25.9. The Bertz CT molecular complexity index is 1160. The number of rotatable bonds is 6. The van der Waals surface area contributed by atoms with E-state index in [0.717, 1.165) is 50.9 Å². The van der Waals surface area contributed by atoms with Gasteiger partial charge in [0, 0.05) is 27.7 Å². The molecule has 1 aromatic carbocycles. The van der Waals surface area contributed by atoms with Crippen LogP contribution in [0.3, 0.4) is 0 Å². The van der Waals surface area contributed by atoms with Crippen LogP contribution in [-0.2, 0) is 21.4 Å². The third-order valence-corrected chi connectivity index (χ3v) is 9.29. The molecule has 1 N–H and O–H groups in total. The lowest BCUT2D eigenvalue weighted by molar-refractivity contribution is -0.610. The molecule has 8 heteroatoms. The van der Waals surface area contributed by atoms with Crippen LogP contribution in [0.15, 0.2) is 24.4 Å². The van der Waals surface area contributed by atoms with Crippen molar-refractivity contribution in [3.05, 3.63) is 46.8 Å². The number of aromatic nitrogens is 3. The average molecular weight is 506 g/mol. The van der Waals surface area contributed by atoms with Crippen molar-refractivity contribution in [2.75, 3.05) is 7.11 Å². The molecule has 0 fully saturated rings. The van der Waals surface area contributed by atoms with E-state index < -0.39 is 10.8 Å². The lowest BCUT2D eigenvalue weighted by Crippen LogP contribution is -3.00. The van der Waals surface area contributed by atoms with Gasteiger partial charge in [-0.25, -0.2) is 9.55 Å². The standard InChI is InChI=1S/C25H32N3O2S2.ClH/c1-14(2)32-31-13-20-15(3)21(30-8)9-10-28(20)23-26-18-11-16-17(12-19(18)27-23)25(6,7)22(29)24(16,4)5;/h9-12,14H,13H2,1-8H3,(H,26,27);1H/q+1;/p-1. The van der Waals surface area contributed by atoms with E-state index in [1.807, 2.05) is 61.5 Å². The van der Waals surface area contributed by atoms with Gasteiger partial charge in [0.05, 0.1) is 19.1 Å². The minimum atomic E-state index is -0.508. The van der Waals surface area contributed by atoms with Crippen molar-refractivity contribution in [2.24, 2.45) is 0 Å².